The molecule has 0 amide bonds. The summed E-state index contributed by atoms with van der Waals surface area (Å²) in [7, 11) is 1.52. The quantitative estimate of drug-likeness (QED) is 0.206. The monoisotopic (exact) mass is 598 g/mol. The van der Waals surface area contributed by atoms with Crippen molar-refractivity contribution in [1.82, 2.24) is 0 Å². The molecule has 0 unspecified atom stereocenters. The number of aliphatic hydroxyl groups is 1. The maximum Gasteiger partial charge on any atom is 0.338 e. The van der Waals surface area contributed by atoms with Gasteiger partial charge in [0.15, 0.2) is 12.2 Å². The van der Waals surface area contributed by atoms with E-state index in [4.69, 9.17) is 28.4 Å². The molecule has 0 aliphatic carbocycles. The van der Waals surface area contributed by atoms with Gasteiger partial charge in [-0.25, -0.2) is 14.4 Å². The fourth-order valence-electron chi connectivity index (χ4n) is 4.53. The first-order chi connectivity index (χ1) is 21.4. The number of esters is 3. The molecule has 4 aromatic carbocycles. The summed E-state index contributed by atoms with van der Waals surface area (Å²) in [6.07, 6.45) is -7.12. The van der Waals surface area contributed by atoms with Gasteiger partial charge in [0.05, 0.1) is 23.8 Å². The molecule has 1 aliphatic rings. The number of hydrogen-bond acceptors (Lipinski definition) is 10. The summed E-state index contributed by atoms with van der Waals surface area (Å²) in [5.74, 6) is -1.29. The van der Waals surface area contributed by atoms with Crippen molar-refractivity contribution in [3.8, 4) is 11.5 Å². The van der Waals surface area contributed by atoms with Gasteiger partial charge in [0, 0.05) is 0 Å². The minimum Gasteiger partial charge on any atom is -0.497 e. The third-order valence-electron chi connectivity index (χ3n) is 6.82. The van der Waals surface area contributed by atoms with Crippen LogP contribution >= 0.6 is 0 Å². The Hall–Kier alpha value is -5.19. The van der Waals surface area contributed by atoms with Crippen molar-refractivity contribution < 1.29 is 47.9 Å². The molecule has 1 aliphatic heterocycles. The van der Waals surface area contributed by atoms with Crippen molar-refractivity contribution >= 4 is 17.9 Å². The highest BCUT2D eigenvalue weighted by Gasteiger charge is 2.51. The molecule has 1 fully saturated rings. The summed E-state index contributed by atoms with van der Waals surface area (Å²) < 4.78 is 34.3. The van der Waals surface area contributed by atoms with E-state index in [1.54, 1.807) is 115 Å². The molecule has 10 heteroatoms. The third kappa shape index (κ3) is 7.41. The smallest absolute Gasteiger partial charge is 0.338 e. The Bertz CT molecular complexity index is 1530. The number of aliphatic hydroxyl groups excluding tert-OH is 1. The van der Waals surface area contributed by atoms with Gasteiger partial charge >= 0.3 is 17.9 Å². The van der Waals surface area contributed by atoms with Crippen LogP contribution in [0.25, 0.3) is 0 Å². The average Bonchev–Trinajstić information content (AvgIpc) is 3.08. The number of carbonyl (C=O) groups excluding carboxylic acids is 3. The molecule has 0 spiro atoms. The number of rotatable bonds is 10. The van der Waals surface area contributed by atoms with Gasteiger partial charge in [-0.15, -0.1) is 0 Å². The van der Waals surface area contributed by atoms with Crippen LogP contribution in [0.15, 0.2) is 115 Å². The molecule has 1 saturated heterocycles. The van der Waals surface area contributed by atoms with Crippen molar-refractivity contribution in [2.45, 2.75) is 30.7 Å². The topological polar surface area (TPSA) is 127 Å². The average molecular weight is 599 g/mol. The summed E-state index contributed by atoms with van der Waals surface area (Å²) in [4.78, 5) is 39.0. The second-order valence-electron chi connectivity index (χ2n) is 9.76. The Balaban J connectivity index is 1.44. The van der Waals surface area contributed by atoms with Crippen LogP contribution in [0.5, 0.6) is 11.5 Å². The molecule has 0 saturated carbocycles. The van der Waals surface area contributed by atoms with Gasteiger partial charge < -0.3 is 33.5 Å². The standard InChI is InChI=1S/C34H30O10/c1-39-25-17-19-26(20-18-25)41-34-30(44-33(38)24-15-9-4-10-16-24)28(35)29(43-32(37)23-13-7-3-8-14-23)27(42-34)21-40-31(36)22-11-5-2-6-12-22/h2-20,27-30,34-35H,21H2,1H3/t27-,28+,29-,30-,34-/m1/s1. The van der Waals surface area contributed by atoms with E-state index in [0.717, 1.165) is 0 Å². The molecule has 0 aromatic heterocycles. The maximum atomic E-state index is 13.1. The lowest BCUT2D eigenvalue weighted by Crippen LogP contribution is -2.62. The van der Waals surface area contributed by atoms with Crippen LogP contribution in [0.1, 0.15) is 31.1 Å². The Kier molecular flexibility index (Phi) is 9.85. The minimum absolute atomic E-state index is 0.217. The molecule has 44 heavy (non-hydrogen) atoms. The largest absolute Gasteiger partial charge is 0.497 e. The van der Waals surface area contributed by atoms with Gasteiger partial charge in [-0.1, -0.05) is 54.6 Å². The Morgan fingerprint density at radius 1 is 0.636 bits per heavy atom. The maximum absolute atomic E-state index is 13.1. The Morgan fingerprint density at radius 2 is 1.09 bits per heavy atom. The SMILES string of the molecule is COc1ccc(O[C@@H]2O[C@H](COC(=O)c3ccccc3)[C@@H](OC(=O)c3ccccc3)[C@H](O)[C@H]2OC(=O)c2ccccc2)cc1. The fourth-order valence-corrected chi connectivity index (χ4v) is 4.53. The van der Waals surface area contributed by atoms with Crippen LogP contribution in [-0.4, -0.2) is 67.4 Å². The molecule has 10 nitrogen and oxygen atoms in total. The molecule has 4 aromatic rings. The van der Waals surface area contributed by atoms with Gasteiger partial charge in [-0.05, 0) is 60.7 Å². The summed E-state index contributed by atoms with van der Waals surface area (Å²) in [6.45, 7) is -0.417. The number of methoxy groups -OCH3 is 1. The van der Waals surface area contributed by atoms with Crippen molar-refractivity contribution in [3.05, 3.63) is 132 Å². The van der Waals surface area contributed by atoms with Crippen molar-refractivity contribution in [2.24, 2.45) is 0 Å². The number of benzene rings is 4. The van der Waals surface area contributed by atoms with Gasteiger partial charge in [-0.3, -0.25) is 0 Å². The minimum atomic E-state index is -1.65. The molecule has 226 valence electrons. The van der Waals surface area contributed by atoms with E-state index < -0.39 is 55.2 Å². The summed E-state index contributed by atoms with van der Waals surface area (Å²) in [6, 6.07) is 31.2. The van der Waals surface area contributed by atoms with Crippen LogP contribution in [0, 0.1) is 0 Å². The van der Waals surface area contributed by atoms with E-state index in [1.165, 1.54) is 7.11 Å². The van der Waals surface area contributed by atoms with E-state index in [2.05, 4.69) is 0 Å². The Morgan fingerprint density at radius 3 is 1.59 bits per heavy atom. The predicted octanol–water partition coefficient (Wildman–Crippen LogP) is 4.47. The highest BCUT2D eigenvalue weighted by Crippen LogP contribution is 2.30. The number of hydrogen-bond donors (Lipinski definition) is 1. The van der Waals surface area contributed by atoms with Crippen LogP contribution in [-0.2, 0) is 18.9 Å². The predicted molar refractivity (Wildman–Crippen MR) is 156 cm³/mol. The van der Waals surface area contributed by atoms with Gasteiger partial charge in [0.1, 0.15) is 30.3 Å². The fraction of sp³-hybridized carbons (Fsp3) is 0.206. The summed E-state index contributed by atoms with van der Waals surface area (Å²) in [5, 5.41) is 11.6. The van der Waals surface area contributed by atoms with E-state index in [9.17, 15) is 19.5 Å². The van der Waals surface area contributed by atoms with Gasteiger partial charge in [0.2, 0.25) is 6.29 Å². The molecule has 0 bridgehead atoms. The van der Waals surface area contributed by atoms with Crippen molar-refractivity contribution in [2.75, 3.05) is 13.7 Å². The lowest BCUT2D eigenvalue weighted by atomic mass is 9.98. The highest BCUT2D eigenvalue weighted by molar-refractivity contribution is 5.90. The molecule has 5 rings (SSSR count). The van der Waals surface area contributed by atoms with E-state index in [0.29, 0.717) is 17.1 Å². The first kappa shape index (κ1) is 30.3. The first-order valence-corrected chi connectivity index (χ1v) is 13.8. The highest BCUT2D eigenvalue weighted by atomic mass is 16.7. The van der Waals surface area contributed by atoms with E-state index >= 15 is 0 Å². The molecule has 1 heterocycles. The second kappa shape index (κ2) is 14.3. The van der Waals surface area contributed by atoms with Crippen LogP contribution in [0.3, 0.4) is 0 Å². The zero-order valence-electron chi connectivity index (χ0n) is 23.7. The lowest BCUT2D eigenvalue weighted by molar-refractivity contribution is -0.276. The van der Waals surface area contributed by atoms with Gasteiger partial charge in [-0.2, -0.15) is 0 Å². The zero-order valence-corrected chi connectivity index (χ0v) is 23.7. The first-order valence-electron chi connectivity index (χ1n) is 13.8. The molecule has 1 N–H and O–H groups in total. The van der Waals surface area contributed by atoms with Crippen molar-refractivity contribution in [1.29, 1.82) is 0 Å². The van der Waals surface area contributed by atoms with E-state index in [1.807, 2.05) is 0 Å². The van der Waals surface area contributed by atoms with Crippen LogP contribution in [0.4, 0.5) is 0 Å². The molecular formula is C34H30O10. The third-order valence-corrected chi connectivity index (χ3v) is 6.82. The normalized spacial score (nSPS) is 21.0. The second-order valence-corrected chi connectivity index (χ2v) is 9.76. The van der Waals surface area contributed by atoms with Crippen LogP contribution < -0.4 is 9.47 Å². The number of ether oxygens (including phenoxy) is 6. The van der Waals surface area contributed by atoms with E-state index in [-0.39, 0.29) is 11.1 Å². The molecular weight excluding hydrogens is 568 g/mol. The Labute approximate surface area is 253 Å². The van der Waals surface area contributed by atoms with Crippen molar-refractivity contribution in [3.63, 3.8) is 0 Å². The van der Waals surface area contributed by atoms with Gasteiger partial charge in [0.25, 0.3) is 0 Å². The summed E-state index contributed by atoms with van der Waals surface area (Å²) >= 11 is 0. The molecule has 5 atom stereocenters. The lowest BCUT2D eigenvalue weighted by Gasteiger charge is -2.42. The summed E-state index contributed by atoms with van der Waals surface area (Å²) in [5.41, 5.74) is 0.733. The zero-order chi connectivity index (χ0) is 30.9. The number of carbonyl (C=O) groups is 3. The van der Waals surface area contributed by atoms with Crippen LogP contribution in [0.2, 0.25) is 0 Å². The molecule has 0 radical (unpaired) electrons.